The second-order valence-corrected chi connectivity index (χ2v) is 10.3. The molecule has 0 bridgehead atoms. The molecule has 48 heavy (non-hydrogen) atoms. The van der Waals surface area contributed by atoms with Crippen LogP contribution in [-0.4, -0.2) is 64.5 Å². The van der Waals surface area contributed by atoms with Gasteiger partial charge in [-0.15, -0.1) is 0 Å². The Hall–Kier alpha value is -5.74. The van der Waals surface area contributed by atoms with Crippen molar-refractivity contribution in [3.63, 3.8) is 0 Å². The summed E-state index contributed by atoms with van der Waals surface area (Å²) in [5, 5.41) is 18.5. The highest BCUT2D eigenvalue weighted by Crippen LogP contribution is 2.21. The van der Waals surface area contributed by atoms with Crippen LogP contribution in [0.2, 0.25) is 0 Å². The van der Waals surface area contributed by atoms with Crippen LogP contribution in [0.5, 0.6) is 11.5 Å². The lowest BCUT2D eigenvalue weighted by atomic mass is 10.1. The lowest BCUT2D eigenvalue weighted by Gasteiger charge is -2.23. The lowest BCUT2D eigenvalue weighted by Crippen LogP contribution is -2.28. The van der Waals surface area contributed by atoms with Crippen molar-refractivity contribution in [1.82, 2.24) is 0 Å². The second-order valence-electron chi connectivity index (χ2n) is 10.3. The normalized spacial score (nSPS) is 11.1. The maximum Gasteiger partial charge on any atom is 0.348 e. The van der Waals surface area contributed by atoms with E-state index >= 15 is 0 Å². The van der Waals surface area contributed by atoms with Gasteiger partial charge in [-0.05, 0) is 99.5 Å². The molecule has 250 valence electrons. The van der Waals surface area contributed by atoms with Gasteiger partial charge in [-0.2, -0.15) is 10.5 Å². The molecule has 3 aromatic rings. The second kappa shape index (κ2) is 19.7. The molecule has 3 rings (SSSR count). The van der Waals surface area contributed by atoms with Crippen molar-refractivity contribution < 1.29 is 28.5 Å². The maximum atomic E-state index is 11.9. The van der Waals surface area contributed by atoms with Crippen molar-refractivity contribution in [3.8, 4) is 23.6 Å². The fourth-order valence-electron chi connectivity index (χ4n) is 4.71. The predicted octanol–water partition coefficient (Wildman–Crippen LogP) is 6.44. The van der Waals surface area contributed by atoms with Crippen LogP contribution in [0, 0.1) is 22.7 Å². The molecule has 0 saturated heterocycles. The molecule has 0 heterocycles. The number of ether oxygens (including phenoxy) is 4. The number of hydrogen-bond donors (Lipinski definition) is 0. The van der Waals surface area contributed by atoms with Crippen molar-refractivity contribution in [2.24, 2.45) is 0 Å². The van der Waals surface area contributed by atoms with E-state index in [1.54, 1.807) is 13.8 Å². The summed E-state index contributed by atoms with van der Waals surface area (Å²) in [6.45, 7) is 11.8. The minimum atomic E-state index is -0.626. The first-order chi connectivity index (χ1) is 23.3. The third-order valence-corrected chi connectivity index (χ3v) is 7.22. The highest BCUT2D eigenvalue weighted by atomic mass is 16.5. The summed E-state index contributed by atoms with van der Waals surface area (Å²) in [5.41, 5.74) is 3.43. The number of hydrogen-bond acceptors (Lipinski definition) is 10. The van der Waals surface area contributed by atoms with E-state index in [0.29, 0.717) is 26.3 Å². The fourth-order valence-corrected chi connectivity index (χ4v) is 4.71. The van der Waals surface area contributed by atoms with Crippen LogP contribution in [-0.2, 0) is 19.1 Å². The summed E-state index contributed by atoms with van der Waals surface area (Å²) >= 11 is 0. The topological polar surface area (TPSA) is 125 Å². The van der Waals surface area contributed by atoms with E-state index < -0.39 is 11.9 Å². The summed E-state index contributed by atoms with van der Waals surface area (Å²) in [7, 11) is 0. The molecule has 0 fully saturated rings. The SMILES string of the molecule is CCOC(=O)C(C#N)=Cc1ccc(N(CC)CCOc2ccc(OCCN(CC)c3ccc(C=C(C#N)C(=O)OCC)cc3)cc2)cc1. The maximum absolute atomic E-state index is 11.9. The Morgan fingerprint density at radius 3 is 1.25 bits per heavy atom. The van der Waals surface area contributed by atoms with Gasteiger partial charge in [0.2, 0.25) is 0 Å². The summed E-state index contributed by atoms with van der Waals surface area (Å²) in [4.78, 5) is 28.1. The molecule has 0 radical (unpaired) electrons. The molecule has 0 aromatic heterocycles. The summed E-state index contributed by atoms with van der Waals surface area (Å²) in [6.07, 6.45) is 3.05. The third-order valence-electron chi connectivity index (χ3n) is 7.22. The Morgan fingerprint density at radius 1 is 0.604 bits per heavy atom. The van der Waals surface area contributed by atoms with E-state index in [2.05, 4.69) is 23.6 Å². The summed E-state index contributed by atoms with van der Waals surface area (Å²) < 4.78 is 21.8. The van der Waals surface area contributed by atoms with E-state index in [0.717, 1.165) is 47.1 Å². The standard InChI is InChI=1S/C38H42N4O6/c1-5-41(33-13-9-29(10-14-33)25-31(27-39)37(43)45-7-3)21-23-47-35-17-19-36(20-18-35)48-24-22-42(6-2)34-15-11-30(12-16-34)26-32(28-40)38(44)46-8-4/h9-20,25-26H,5-8,21-24H2,1-4H3. The van der Waals surface area contributed by atoms with Crippen molar-refractivity contribution in [1.29, 1.82) is 10.5 Å². The molecule has 10 nitrogen and oxygen atoms in total. The van der Waals surface area contributed by atoms with Crippen molar-refractivity contribution in [3.05, 3.63) is 95.1 Å². The highest BCUT2D eigenvalue weighted by Gasteiger charge is 2.12. The number of carbonyl (C=O) groups is 2. The number of anilines is 2. The molecule has 0 amide bonds. The Kier molecular flexibility index (Phi) is 15.1. The molecule has 0 saturated carbocycles. The summed E-state index contributed by atoms with van der Waals surface area (Å²) in [5.74, 6) is 0.236. The van der Waals surface area contributed by atoms with Crippen molar-refractivity contribution in [2.75, 3.05) is 62.4 Å². The van der Waals surface area contributed by atoms with Gasteiger partial charge in [0, 0.05) is 24.5 Å². The predicted molar refractivity (Wildman–Crippen MR) is 187 cm³/mol. The van der Waals surface area contributed by atoms with E-state index in [9.17, 15) is 20.1 Å². The molecule has 10 heteroatoms. The van der Waals surface area contributed by atoms with Crippen LogP contribution in [0.1, 0.15) is 38.8 Å². The van der Waals surface area contributed by atoms with E-state index in [1.807, 2.05) is 84.9 Å². The Labute approximate surface area is 283 Å². The van der Waals surface area contributed by atoms with Crippen molar-refractivity contribution >= 4 is 35.5 Å². The number of benzene rings is 3. The number of nitriles is 2. The van der Waals surface area contributed by atoms with Crippen molar-refractivity contribution in [2.45, 2.75) is 27.7 Å². The number of rotatable bonds is 18. The van der Waals surface area contributed by atoms with Crippen LogP contribution in [0.3, 0.4) is 0 Å². The van der Waals surface area contributed by atoms with Gasteiger partial charge in [-0.25, -0.2) is 9.59 Å². The third kappa shape index (κ3) is 11.3. The average Bonchev–Trinajstić information content (AvgIpc) is 3.11. The minimum Gasteiger partial charge on any atom is -0.492 e. The van der Waals surface area contributed by atoms with Gasteiger partial charge in [-0.3, -0.25) is 0 Å². The van der Waals surface area contributed by atoms with Gasteiger partial charge in [-0.1, -0.05) is 24.3 Å². The molecule has 0 spiro atoms. The van der Waals surface area contributed by atoms with Crippen LogP contribution >= 0.6 is 0 Å². The Balaban J connectivity index is 1.47. The van der Waals surface area contributed by atoms with E-state index in [1.165, 1.54) is 12.2 Å². The summed E-state index contributed by atoms with van der Waals surface area (Å²) in [6, 6.07) is 26.6. The largest absolute Gasteiger partial charge is 0.492 e. The van der Waals surface area contributed by atoms with Gasteiger partial charge in [0.05, 0.1) is 26.3 Å². The zero-order chi connectivity index (χ0) is 34.7. The number of esters is 2. The monoisotopic (exact) mass is 650 g/mol. The van der Waals surface area contributed by atoms with Crippen LogP contribution in [0.25, 0.3) is 12.2 Å². The smallest absolute Gasteiger partial charge is 0.348 e. The molecule has 0 aliphatic rings. The lowest BCUT2D eigenvalue weighted by molar-refractivity contribution is -0.138. The number of likely N-dealkylation sites (N-methyl/N-ethyl adjacent to an activating group) is 2. The van der Waals surface area contributed by atoms with Crippen LogP contribution in [0.4, 0.5) is 11.4 Å². The van der Waals surface area contributed by atoms with Crippen LogP contribution in [0.15, 0.2) is 83.9 Å². The van der Waals surface area contributed by atoms with Gasteiger partial charge < -0.3 is 28.7 Å². The zero-order valence-corrected chi connectivity index (χ0v) is 28.0. The first-order valence-electron chi connectivity index (χ1n) is 16.0. The average molecular weight is 651 g/mol. The highest BCUT2D eigenvalue weighted by molar-refractivity contribution is 5.98. The Morgan fingerprint density at radius 2 is 0.958 bits per heavy atom. The number of carbonyl (C=O) groups excluding carboxylic acids is 2. The van der Waals surface area contributed by atoms with Gasteiger partial charge in [0.1, 0.15) is 48.0 Å². The molecule has 0 unspecified atom stereocenters. The van der Waals surface area contributed by atoms with Crippen LogP contribution < -0.4 is 19.3 Å². The molecule has 3 aromatic carbocycles. The van der Waals surface area contributed by atoms with Gasteiger partial charge in [0.25, 0.3) is 0 Å². The molecule has 0 aliphatic heterocycles. The van der Waals surface area contributed by atoms with Gasteiger partial charge >= 0.3 is 11.9 Å². The molecule has 0 aliphatic carbocycles. The minimum absolute atomic E-state index is 0.0353. The first kappa shape index (κ1) is 36.7. The first-order valence-corrected chi connectivity index (χ1v) is 16.0. The van der Waals surface area contributed by atoms with E-state index in [-0.39, 0.29) is 24.4 Å². The molecular formula is C38H42N4O6. The van der Waals surface area contributed by atoms with E-state index in [4.69, 9.17) is 18.9 Å². The fraction of sp³-hybridized carbons (Fsp3) is 0.316. The van der Waals surface area contributed by atoms with Gasteiger partial charge in [0.15, 0.2) is 0 Å². The Bertz CT molecular complexity index is 1500. The molecule has 0 atom stereocenters. The number of nitrogens with zero attached hydrogens (tertiary/aromatic N) is 4. The molecule has 0 N–H and O–H groups in total. The molecular weight excluding hydrogens is 608 g/mol. The zero-order valence-electron chi connectivity index (χ0n) is 28.0. The quantitative estimate of drug-likeness (QED) is 0.0863.